The van der Waals surface area contributed by atoms with Gasteiger partial charge < -0.3 is 5.32 Å². The zero-order chi connectivity index (χ0) is 13.9. The Morgan fingerprint density at radius 2 is 1.60 bits per heavy atom. The molecule has 1 aliphatic carbocycles. The molecule has 20 heavy (non-hydrogen) atoms. The molecule has 0 heterocycles. The molecule has 1 aliphatic rings. The molecule has 3 rings (SSSR count). The predicted molar refractivity (Wildman–Crippen MR) is 85.1 cm³/mol. The molecule has 1 N–H and O–H groups in total. The Morgan fingerprint density at radius 3 is 2.20 bits per heavy atom. The second-order valence-electron chi connectivity index (χ2n) is 5.84. The third-order valence-corrected chi connectivity index (χ3v) is 4.64. The van der Waals surface area contributed by atoms with E-state index in [1.165, 1.54) is 36.0 Å². The van der Waals surface area contributed by atoms with Crippen LogP contribution in [-0.2, 0) is 0 Å². The van der Waals surface area contributed by atoms with Gasteiger partial charge in [0.15, 0.2) is 0 Å². The van der Waals surface area contributed by atoms with Gasteiger partial charge >= 0.3 is 0 Å². The van der Waals surface area contributed by atoms with Crippen LogP contribution in [0.5, 0.6) is 0 Å². The summed E-state index contributed by atoms with van der Waals surface area (Å²) in [6, 6.07) is 18.0. The molecular weight excluding hydrogens is 242 g/mol. The number of hydrogen-bond donors (Lipinski definition) is 1. The lowest BCUT2D eigenvalue weighted by molar-refractivity contribution is 0.415. The lowest BCUT2D eigenvalue weighted by Gasteiger charge is -2.31. The van der Waals surface area contributed by atoms with E-state index in [1.807, 2.05) is 0 Å². The van der Waals surface area contributed by atoms with Crippen molar-refractivity contribution in [1.82, 2.24) is 5.32 Å². The summed E-state index contributed by atoms with van der Waals surface area (Å²) < 4.78 is 0. The fraction of sp³-hybridized carbons (Fsp3) is 0.368. The quantitative estimate of drug-likeness (QED) is 0.853. The topological polar surface area (TPSA) is 12.0 Å². The predicted octanol–water partition coefficient (Wildman–Crippen LogP) is 4.57. The molecule has 0 aromatic heterocycles. The Morgan fingerprint density at radius 1 is 0.950 bits per heavy atom. The van der Waals surface area contributed by atoms with Crippen molar-refractivity contribution in [1.29, 1.82) is 0 Å². The van der Waals surface area contributed by atoms with E-state index in [0.717, 1.165) is 5.92 Å². The fourth-order valence-corrected chi connectivity index (χ4v) is 3.25. The maximum absolute atomic E-state index is 3.52. The van der Waals surface area contributed by atoms with Crippen LogP contribution < -0.4 is 5.32 Å². The van der Waals surface area contributed by atoms with Crippen molar-refractivity contribution >= 4 is 0 Å². The van der Waals surface area contributed by atoms with Gasteiger partial charge in [0.25, 0.3) is 0 Å². The van der Waals surface area contributed by atoms with Gasteiger partial charge in [-0.25, -0.2) is 0 Å². The second-order valence-corrected chi connectivity index (χ2v) is 5.84. The van der Waals surface area contributed by atoms with Crippen molar-refractivity contribution in [2.24, 2.45) is 0 Å². The Balaban J connectivity index is 2.03. The first-order chi connectivity index (χ1) is 9.81. The van der Waals surface area contributed by atoms with Gasteiger partial charge in [0.1, 0.15) is 0 Å². The Labute approximate surface area is 122 Å². The van der Waals surface area contributed by atoms with Gasteiger partial charge in [0.05, 0.1) is 6.04 Å². The van der Waals surface area contributed by atoms with E-state index in [2.05, 4.69) is 67.8 Å². The van der Waals surface area contributed by atoms with Crippen LogP contribution in [0, 0.1) is 6.92 Å². The maximum atomic E-state index is 3.52. The molecule has 1 atom stereocenters. The smallest absolute Gasteiger partial charge is 0.0579 e. The normalized spacial score (nSPS) is 16.7. The minimum absolute atomic E-state index is 0.299. The molecule has 1 unspecified atom stereocenters. The largest absolute Gasteiger partial charge is 0.309 e. The van der Waals surface area contributed by atoms with Crippen molar-refractivity contribution < 1.29 is 0 Å². The van der Waals surface area contributed by atoms with Gasteiger partial charge in [-0.1, -0.05) is 55.0 Å². The molecule has 0 saturated heterocycles. The zero-order valence-electron chi connectivity index (χ0n) is 12.4. The number of rotatable bonds is 4. The molecule has 1 fully saturated rings. The third kappa shape index (κ3) is 2.38. The second kappa shape index (κ2) is 5.80. The number of hydrogen-bond acceptors (Lipinski definition) is 1. The number of aryl methyl sites for hydroxylation is 1. The lowest BCUT2D eigenvalue weighted by atomic mass is 9.76. The van der Waals surface area contributed by atoms with E-state index >= 15 is 0 Å². The number of benzene rings is 2. The highest BCUT2D eigenvalue weighted by atomic mass is 14.9. The van der Waals surface area contributed by atoms with Crippen molar-refractivity contribution in [2.45, 2.75) is 38.1 Å². The van der Waals surface area contributed by atoms with Crippen molar-refractivity contribution in [3.05, 3.63) is 70.8 Å². The first kappa shape index (κ1) is 13.4. The van der Waals surface area contributed by atoms with Gasteiger partial charge in [-0.2, -0.15) is 0 Å². The minimum Gasteiger partial charge on any atom is -0.309 e. The van der Waals surface area contributed by atoms with E-state index in [4.69, 9.17) is 0 Å². The fourth-order valence-electron chi connectivity index (χ4n) is 3.25. The van der Waals surface area contributed by atoms with Gasteiger partial charge in [-0.15, -0.1) is 0 Å². The van der Waals surface area contributed by atoms with Crippen LogP contribution in [0.3, 0.4) is 0 Å². The average Bonchev–Trinajstić information content (AvgIpc) is 2.41. The zero-order valence-corrected chi connectivity index (χ0v) is 12.4. The maximum Gasteiger partial charge on any atom is 0.0579 e. The molecule has 1 heteroatoms. The summed E-state index contributed by atoms with van der Waals surface area (Å²) in [5.74, 6) is 0.770. The molecule has 0 bridgehead atoms. The summed E-state index contributed by atoms with van der Waals surface area (Å²) in [5.41, 5.74) is 5.74. The molecule has 0 radical (unpaired) electrons. The Bertz CT molecular complexity index is 584. The van der Waals surface area contributed by atoms with Gasteiger partial charge in [0, 0.05) is 0 Å². The first-order valence-electron chi connectivity index (χ1n) is 7.63. The standard InChI is InChI=1S/C19H23N/c1-14-8-3-4-11-16(14)19(20-2)18-13-6-5-12-17(18)15-9-7-10-15/h3-6,8,11-13,15,19-20H,7,9-10H2,1-2H3. The van der Waals surface area contributed by atoms with E-state index in [0.29, 0.717) is 6.04 Å². The SMILES string of the molecule is CNC(c1ccccc1C)c1ccccc1C1CCC1. The van der Waals surface area contributed by atoms with Crippen LogP contribution >= 0.6 is 0 Å². The summed E-state index contributed by atoms with van der Waals surface area (Å²) >= 11 is 0. The van der Waals surface area contributed by atoms with Crippen LogP contribution in [0.15, 0.2) is 48.5 Å². The monoisotopic (exact) mass is 265 g/mol. The summed E-state index contributed by atoms with van der Waals surface area (Å²) in [6.45, 7) is 2.20. The van der Waals surface area contributed by atoms with E-state index in [1.54, 1.807) is 5.56 Å². The number of nitrogens with one attached hydrogen (secondary N) is 1. The van der Waals surface area contributed by atoms with Gasteiger partial charge in [-0.05, 0) is 55.0 Å². The summed E-state index contributed by atoms with van der Waals surface area (Å²) in [6.07, 6.45) is 4.08. The molecule has 1 saturated carbocycles. The van der Waals surface area contributed by atoms with Crippen LogP contribution in [0.2, 0.25) is 0 Å². The van der Waals surface area contributed by atoms with Crippen molar-refractivity contribution in [3.63, 3.8) is 0 Å². The van der Waals surface area contributed by atoms with E-state index in [9.17, 15) is 0 Å². The van der Waals surface area contributed by atoms with Crippen LogP contribution in [0.1, 0.15) is 53.5 Å². The third-order valence-electron chi connectivity index (χ3n) is 4.64. The van der Waals surface area contributed by atoms with E-state index < -0.39 is 0 Å². The average molecular weight is 265 g/mol. The van der Waals surface area contributed by atoms with Crippen molar-refractivity contribution in [2.75, 3.05) is 7.05 Å². The summed E-state index contributed by atoms with van der Waals surface area (Å²) in [4.78, 5) is 0. The molecular formula is C19H23N. The molecule has 0 spiro atoms. The Hall–Kier alpha value is -1.60. The van der Waals surface area contributed by atoms with Gasteiger partial charge in [-0.3, -0.25) is 0 Å². The Kier molecular flexibility index (Phi) is 3.88. The van der Waals surface area contributed by atoms with Crippen LogP contribution in [0.25, 0.3) is 0 Å². The van der Waals surface area contributed by atoms with Crippen molar-refractivity contribution in [3.8, 4) is 0 Å². The molecule has 2 aromatic rings. The molecule has 104 valence electrons. The molecule has 0 aliphatic heterocycles. The molecule has 1 nitrogen and oxygen atoms in total. The van der Waals surface area contributed by atoms with Gasteiger partial charge in [0.2, 0.25) is 0 Å². The highest BCUT2D eigenvalue weighted by Gasteiger charge is 2.25. The summed E-state index contributed by atoms with van der Waals surface area (Å²) in [7, 11) is 2.06. The van der Waals surface area contributed by atoms with Crippen LogP contribution in [-0.4, -0.2) is 7.05 Å². The minimum atomic E-state index is 0.299. The molecule has 2 aromatic carbocycles. The van der Waals surface area contributed by atoms with E-state index in [-0.39, 0.29) is 0 Å². The lowest BCUT2D eigenvalue weighted by Crippen LogP contribution is -2.22. The molecule has 0 amide bonds. The summed E-state index contributed by atoms with van der Waals surface area (Å²) in [5, 5.41) is 3.52. The highest BCUT2D eigenvalue weighted by Crippen LogP contribution is 2.40. The first-order valence-corrected chi connectivity index (χ1v) is 7.63. The van der Waals surface area contributed by atoms with Crippen LogP contribution in [0.4, 0.5) is 0 Å². The highest BCUT2D eigenvalue weighted by molar-refractivity contribution is 5.42.